The minimum absolute atomic E-state index is 0.114. The Labute approximate surface area is 131 Å². The number of nitrogens with one attached hydrogen (secondary N) is 1. The van der Waals surface area contributed by atoms with Crippen molar-refractivity contribution in [2.75, 3.05) is 20.1 Å². The summed E-state index contributed by atoms with van der Waals surface area (Å²) in [5, 5.41) is 4.17. The third kappa shape index (κ3) is 3.45. The van der Waals surface area contributed by atoms with Crippen LogP contribution in [-0.2, 0) is 11.2 Å². The van der Waals surface area contributed by atoms with E-state index in [0.29, 0.717) is 19.1 Å². The van der Waals surface area contributed by atoms with E-state index in [1.54, 1.807) is 0 Å². The summed E-state index contributed by atoms with van der Waals surface area (Å²) in [5.74, 6) is 0.114. The molecule has 0 atom stereocenters. The van der Waals surface area contributed by atoms with Gasteiger partial charge in [-0.05, 0) is 37.9 Å². The summed E-state index contributed by atoms with van der Waals surface area (Å²) >= 11 is 0. The van der Waals surface area contributed by atoms with Gasteiger partial charge in [0.25, 0.3) is 0 Å². The molecule has 1 aliphatic rings. The number of para-hydroxylation sites is 1. The molecule has 2 aromatic rings. The van der Waals surface area contributed by atoms with Crippen LogP contribution in [0.1, 0.15) is 24.8 Å². The summed E-state index contributed by atoms with van der Waals surface area (Å²) in [6.45, 7) is 1.16. The van der Waals surface area contributed by atoms with Crippen molar-refractivity contribution in [2.45, 2.75) is 31.7 Å². The molecule has 0 unspecified atom stereocenters. The van der Waals surface area contributed by atoms with Gasteiger partial charge < -0.3 is 5.32 Å². The second-order valence-electron chi connectivity index (χ2n) is 6.09. The predicted molar refractivity (Wildman–Crippen MR) is 88.7 cm³/mol. The van der Waals surface area contributed by atoms with E-state index in [2.05, 4.69) is 33.4 Å². The van der Waals surface area contributed by atoms with Crippen molar-refractivity contribution >= 4 is 16.8 Å². The highest BCUT2D eigenvalue weighted by molar-refractivity contribution is 5.81. The van der Waals surface area contributed by atoms with Gasteiger partial charge in [0.1, 0.15) is 0 Å². The number of benzene rings is 1. The lowest BCUT2D eigenvalue weighted by Gasteiger charge is -2.34. The molecule has 0 aliphatic heterocycles. The third-order valence-corrected chi connectivity index (χ3v) is 4.52. The van der Waals surface area contributed by atoms with Gasteiger partial charge in [-0.2, -0.15) is 0 Å². The van der Waals surface area contributed by atoms with Crippen LogP contribution in [0.15, 0.2) is 36.5 Å². The lowest BCUT2D eigenvalue weighted by molar-refractivity contribution is -0.122. The topological polar surface area (TPSA) is 45.2 Å². The first kappa shape index (κ1) is 15.0. The van der Waals surface area contributed by atoms with Crippen molar-refractivity contribution in [2.24, 2.45) is 0 Å². The Morgan fingerprint density at radius 1 is 1.32 bits per heavy atom. The Kier molecular flexibility index (Phi) is 4.68. The fraction of sp³-hybridized carbons (Fsp3) is 0.444. The molecule has 116 valence electrons. The highest BCUT2D eigenvalue weighted by Gasteiger charge is 2.23. The molecule has 4 nitrogen and oxygen atoms in total. The average Bonchev–Trinajstić information content (AvgIpc) is 2.45. The van der Waals surface area contributed by atoms with Gasteiger partial charge in [-0.1, -0.05) is 30.7 Å². The van der Waals surface area contributed by atoms with Crippen molar-refractivity contribution < 1.29 is 4.79 Å². The molecular formula is C18H23N3O. The smallest absolute Gasteiger partial charge is 0.234 e. The second kappa shape index (κ2) is 6.88. The van der Waals surface area contributed by atoms with Gasteiger partial charge in [0, 0.05) is 24.2 Å². The Bertz CT molecular complexity index is 646. The van der Waals surface area contributed by atoms with Gasteiger partial charge in [0.2, 0.25) is 5.91 Å². The molecule has 1 aromatic heterocycles. The SMILES string of the molecule is CN(CC(=O)NCCc1cccc2cccnc12)C1CCC1. The molecule has 1 aliphatic carbocycles. The summed E-state index contributed by atoms with van der Waals surface area (Å²) in [6, 6.07) is 10.8. The molecule has 22 heavy (non-hydrogen) atoms. The number of carbonyl (C=O) groups is 1. The van der Waals surface area contributed by atoms with Crippen LogP contribution < -0.4 is 5.32 Å². The number of rotatable bonds is 6. The average molecular weight is 297 g/mol. The van der Waals surface area contributed by atoms with Crippen molar-refractivity contribution in [1.82, 2.24) is 15.2 Å². The lowest BCUT2D eigenvalue weighted by atomic mass is 9.92. The molecule has 0 radical (unpaired) electrons. The first-order chi connectivity index (χ1) is 10.7. The Balaban J connectivity index is 1.50. The standard InChI is InChI=1S/C18H23N3O/c1-21(16-8-3-9-16)13-17(22)19-12-10-15-6-2-5-14-7-4-11-20-18(14)15/h2,4-7,11,16H,3,8-10,12-13H2,1H3,(H,19,22). The van der Waals surface area contributed by atoms with Crippen LogP contribution in [0.2, 0.25) is 0 Å². The number of hydrogen-bond donors (Lipinski definition) is 1. The van der Waals surface area contributed by atoms with Crippen molar-refractivity contribution in [3.63, 3.8) is 0 Å². The third-order valence-electron chi connectivity index (χ3n) is 4.52. The Morgan fingerprint density at radius 3 is 2.91 bits per heavy atom. The fourth-order valence-electron chi connectivity index (χ4n) is 2.94. The highest BCUT2D eigenvalue weighted by Crippen LogP contribution is 2.23. The first-order valence-corrected chi connectivity index (χ1v) is 8.03. The van der Waals surface area contributed by atoms with Crippen molar-refractivity contribution in [3.8, 4) is 0 Å². The molecule has 1 saturated carbocycles. The van der Waals surface area contributed by atoms with E-state index in [-0.39, 0.29) is 5.91 Å². The van der Waals surface area contributed by atoms with Crippen LogP contribution in [0.3, 0.4) is 0 Å². The van der Waals surface area contributed by atoms with Crippen molar-refractivity contribution in [1.29, 1.82) is 0 Å². The number of pyridine rings is 1. The molecule has 1 heterocycles. The summed E-state index contributed by atoms with van der Waals surface area (Å²) in [5.41, 5.74) is 2.22. The van der Waals surface area contributed by atoms with Gasteiger partial charge in [0.05, 0.1) is 12.1 Å². The number of nitrogens with zero attached hydrogens (tertiary/aromatic N) is 2. The maximum Gasteiger partial charge on any atom is 0.234 e. The van der Waals surface area contributed by atoms with E-state index >= 15 is 0 Å². The Morgan fingerprint density at radius 2 is 2.14 bits per heavy atom. The monoisotopic (exact) mass is 297 g/mol. The van der Waals surface area contributed by atoms with Crippen LogP contribution in [-0.4, -0.2) is 42.0 Å². The predicted octanol–water partition coefficient (Wildman–Crippen LogP) is 2.38. The molecule has 4 heteroatoms. The number of hydrogen-bond acceptors (Lipinski definition) is 3. The molecule has 1 amide bonds. The maximum absolute atomic E-state index is 12.0. The van der Waals surface area contributed by atoms with Gasteiger partial charge in [-0.15, -0.1) is 0 Å². The first-order valence-electron chi connectivity index (χ1n) is 8.03. The van der Waals surface area contributed by atoms with E-state index in [4.69, 9.17) is 0 Å². The van der Waals surface area contributed by atoms with E-state index in [9.17, 15) is 4.79 Å². The summed E-state index contributed by atoms with van der Waals surface area (Å²) < 4.78 is 0. The lowest BCUT2D eigenvalue weighted by Crippen LogP contribution is -2.43. The van der Waals surface area contributed by atoms with Gasteiger partial charge in [-0.25, -0.2) is 0 Å². The van der Waals surface area contributed by atoms with Crippen LogP contribution in [0, 0.1) is 0 Å². The maximum atomic E-state index is 12.0. The molecule has 1 aromatic carbocycles. The van der Waals surface area contributed by atoms with Crippen LogP contribution >= 0.6 is 0 Å². The van der Waals surface area contributed by atoms with Gasteiger partial charge in [0.15, 0.2) is 0 Å². The van der Waals surface area contributed by atoms with Gasteiger partial charge in [-0.3, -0.25) is 14.7 Å². The second-order valence-corrected chi connectivity index (χ2v) is 6.09. The van der Waals surface area contributed by atoms with Gasteiger partial charge >= 0.3 is 0 Å². The normalized spacial score (nSPS) is 15.0. The zero-order valence-corrected chi connectivity index (χ0v) is 13.1. The molecule has 0 spiro atoms. The minimum atomic E-state index is 0.114. The summed E-state index contributed by atoms with van der Waals surface area (Å²) in [4.78, 5) is 18.6. The number of aromatic nitrogens is 1. The van der Waals surface area contributed by atoms with E-state index in [1.807, 2.05) is 25.4 Å². The molecule has 0 saturated heterocycles. The number of carbonyl (C=O) groups excluding carboxylic acids is 1. The van der Waals surface area contributed by atoms with Crippen molar-refractivity contribution in [3.05, 3.63) is 42.1 Å². The van der Waals surface area contributed by atoms with E-state index < -0.39 is 0 Å². The minimum Gasteiger partial charge on any atom is -0.355 e. The zero-order chi connectivity index (χ0) is 15.4. The van der Waals surface area contributed by atoms with Crippen LogP contribution in [0.5, 0.6) is 0 Å². The quantitative estimate of drug-likeness (QED) is 0.890. The number of likely N-dealkylation sites (N-methyl/N-ethyl adjacent to an activating group) is 1. The molecule has 1 N–H and O–H groups in total. The molecular weight excluding hydrogens is 274 g/mol. The van der Waals surface area contributed by atoms with E-state index in [1.165, 1.54) is 24.8 Å². The summed E-state index contributed by atoms with van der Waals surface area (Å²) in [7, 11) is 2.04. The zero-order valence-electron chi connectivity index (χ0n) is 13.1. The van der Waals surface area contributed by atoms with E-state index in [0.717, 1.165) is 17.3 Å². The molecule has 0 bridgehead atoms. The summed E-state index contributed by atoms with van der Waals surface area (Å²) in [6.07, 6.45) is 6.38. The molecule has 1 fully saturated rings. The molecule has 3 rings (SSSR count). The van der Waals surface area contributed by atoms with Crippen LogP contribution in [0.25, 0.3) is 10.9 Å². The number of fused-ring (bicyclic) bond motifs is 1. The Hall–Kier alpha value is -1.94. The number of amides is 1. The van der Waals surface area contributed by atoms with Crippen LogP contribution in [0.4, 0.5) is 0 Å². The highest BCUT2D eigenvalue weighted by atomic mass is 16.2. The largest absolute Gasteiger partial charge is 0.355 e. The fourth-order valence-corrected chi connectivity index (χ4v) is 2.94.